The van der Waals surface area contributed by atoms with Crippen molar-refractivity contribution in [3.05, 3.63) is 36.5 Å². The van der Waals surface area contributed by atoms with Gasteiger partial charge >= 0.3 is 7.82 Å². The van der Waals surface area contributed by atoms with E-state index in [0.717, 1.165) is 44.9 Å². The summed E-state index contributed by atoms with van der Waals surface area (Å²) in [4.78, 5) is 23.0. The van der Waals surface area contributed by atoms with Crippen LogP contribution < -0.4 is 5.32 Å². The van der Waals surface area contributed by atoms with Gasteiger partial charge in [-0.3, -0.25) is 13.8 Å². The van der Waals surface area contributed by atoms with Crippen LogP contribution in [-0.2, 0) is 18.4 Å². The lowest BCUT2D eigenvalue weighted by molar-refractivity contribution is -0.870. The number of nitrogens with zero attached hydrogens (tertiary/aromatic N) is 1. The lowest BCUT2D eigenvalue weighted by atomic mass is 10.0. The summed E-state index contributed by atoms with van der Waals surface area (Å²) in [6.45, 7) is 4.75. The van der Waals surface area contributed by atoms with Crippen molar-refractivity contribution >= 4 is 13.7 Å². The molecule has 3 unspecified atom stereocenters. The number of unbranched alkanes of at least 4 members (excludes halogenated alkanes) is 27. The molecule has 0 saturated carbocycles. The van der Waals surface area contributed by atoms with E-state index in [-0.39, 0.29) is 19.1 Å². The minimum Gasteiger partial charge on any atom is -0.387 e. The summed E-state index contributed by atoms with van der Waals surface area (Å²) < 4.78 is 23.5. The van der Waals surface area contributed by atoms with Crippen molar-refractivity contribution in [1.82, 2.24) is 5.32 Å². The van der Waals surface area contributed by atoms with E-state index in [0.29, 0.717) is 17.4 Å². The van der Waals surface area contributed by atoms with Crippen LogP contribution in [0, 0.1) is 0 Å². The van der Waals surface area contributed by atoms with E-state index < -0.39 is 20.0 Å². The summed E-state index contributed by atoms with van der Waals surface area (Å²) >= 11 is 0. The van der Waals surface area contributed by atoms with Gasteiger partial charge in [-0.15, -0.1) is 0 Å². The first-order valence-electron chi connectivity index (χ1n) is 24.4. The van der Waals surface area contributed by atoms with Gasteiger partial charge < -0.3 is 19.8 Å². The number of carbonyl (C=O) groups is 1. The smallest absolute Gasteiger partial charge is 0.387 e. The predicted molar refractivity (Wildman–Crippen MR) is 249 cm³/mol. The summed E-state index contributed by atoms with van der Waals surface area (Å²) in [5.74, 6) is -0.196. The minimum atomic E-state index is -4.34. The predicted octanol–water partition coefficient (Wildman–Crippen LogP) is 13.9. The van der Waals surface area contributed by atoms with E-state index in [1.165, 1.54) is 154 Å². The summed E-state index contributed by atoms with van der Waals surface area (Å²) in [6.07, 6.45) is 51.2. The van der Waals surface area contributed by atoms with Crippen LogP contribution in [0.4, 0.5) is 0 Å². The third-order valence-corrected chi connectivity index (χ3v) is 11.8. The van der Waals surface area contributed by atoms with Crippen molar-refractivity contribution in [2.75, 3.05) is 40.9 Å². The lowest BCUT2D eigenvalue weighted by Crippen LogP contribution is -2.45. The molecule has 58 heavy (non-hydrogen) atoms. The zero-order chi connectivity index (χ0) is 42.8. The quantitative estimate of drug-likeness (QED) is 0.0244. The van der Waals surface area contributed by atoms with E-state index in [4.69, 9.17) is 9.05 Å². The summed E-state index contributed by atoms with van der Waals surface area (Å²) in [5, 5.41) is 13.8. The van der Waals surface area contributed by atoms with Crippen LogP contribution in [0.5, 0.6) is 0 Å². The molecule has 0 aromatic heterocycles. The second kappa shape index (κ2) is 41.1. The fraction of sp³-hybridized carbons (Fsp3) is 0.857. The SMILES string of the molecule is CCCCCCCCCCCCCCCCCCCC/C=C/CC/C=C/CC/C=C/C(O)C(COP(=O)(O)OCC[N+](C)(C)C)NC(=O)CCCCCCCCCC. The Hall–Kier alpha value is -1.28. The second-order valence-corrected chi connectivity index (χ2v) is 19.3. The maximum Gasteiger partial charge on any atom is 0.472 e. The Morgan fingerprint density at radius 3 is 1.38 bits per heavy atom. The van der Waals surface area contributed by atoms with Gasteiger partial charge in [-0.1, -0.05) is 204 Å². The molecule has 3 N–H and O–H groups in total. The molecular formula is C49H96N2O6P+. The van der Waals surface area contributed by atoms with Crippen molar-refractivity contribution in [3.63, 3.8) is 0 Å². The van der Waals surface area contributed by atoms with Gasteiger partial charge in [0.25, 0.3) is 0 Å². The van der Waals surface area contributed by atoms with Crippen LogP contribution >= 0.6 is 7.82 Å². The van der Waals surface area contributed by atoms with Crippen molar-refractivity contribution in [2.45, 2.75) is 231 Å². The molecule has 0 spiro atoms. The molecular weight excluding hydrogens is 744 g/mol. The Labute approximate surface area is 359 Å². The number of quaternary nitrogens is 1. The van der Waals surface area contributed by atoms with E-state index in [1.807, 2.05) is 27.2 Å². The zero-order valence-electron chi connectivity index (χ0n) is 38.8. The average molecular weight is 840 g/mol. The van der Waals surface area contributed by atoms with E-state index in [9.17, 15) is 19.4 Å². The monoisotopic (exact) mass is 840 g/mol. The summed E-state index contributed by atoms with van der Waals surface area (Å²) in [7, 11) is 1.55. The number of aliphatic hydroxyl groups excluding tert-OH is 1. The molecule has 1 amide bonds. The number of hydrogen-bond donors (Lipinski definition) is 3. The number of allylic oxidation sites excluding steroid dienone is 5. The van der Waals surface area contributed by atoms with Gasteiger partial charge in [0, 0.05) is 6.42 Å². The largest absolute Gasteiger partial charge is 0.472 e. The average Bonchev–Trinajstić information content (AvgIpc) is 3.17. The van der Waals surface area contributed by atoms with Crippen LogP contribution in [0.25, 0.3) is 0 Å². The fourth-order valence-electron chi connectivity index (χ4n) is 6.96. The molecule has 342 valence electrons. The minimum absolute atomic E-state index is 0.0542. The number of aliphatic hydroxyl groups is 1. The Morgan fingerprint density at radius 2 is 0.948 bits per heavy atom. The molecule has 0 heterocycles. The topological polar surface area (TPSA) is 105 Å². The van der Waals surface area contributed by atoms with Crippen LogP contribution in [-0.4, -0.2) is 73.4 Å². The van der Waals surface area contributed by atoms with Gasteiger partial charge in [-0.05, 0) is 44.9 Å². The highest BCUT2D eigenvalue weighted by Crippen LogP contribution is 2.43. The van der Waals surface area contributed by atoms with E-state index in [1.54, 1.807) is 6.08 Å². The van der Waals surface area contributed by atoms with E-state index >= 15 is 0 Å². The molecule has 0 aliphatic carbocycles. The van der Waals surface area contributed by atoms with Crippen molar-refractivity contribution in [3.8, 4) is 0 Å². The first kappa shape index (κ1) is 56.7. The number of carbonyl (C=O) groups excluding carboxylic acids is 1. The molecule has 0 fully saturated rings. The Bertz CT molecular complexity index is 1040. The molecule has 0 aliphatic heterocycles. The maximum atomic E-state index is 12.8. The number of nitrogens with one attached hydrogen (secondary N) is 1. The molecule has 3 atom stereocenters. The Kier molecular flexibility index (Phi) is 40.2. The molecule has 0 radical (unpaired) electrons. The zero-order valence-corrected chi connectivity index (χ0v) is 39.7. The number of likely N-dealkylation sites (N-methyl/N-ethyl adjacent to an activating group) is 1. The van der Waals surface area contributed by atoms with Gasteiger partial charge in [-0.2, -0.15) is 0 Å². The highest BCUT2D eigenvalue weighted by molar-refractivity contribution is 7.47. The molecule has 0 bridgehead atoms. The van der Waals surface area contributed by atoms with Gasteiger partial charge in [0.2, 0.25) is 5.91 Å². The molecule has 0 rings (SSSR count). The standard InChI is InChI=1S/C49H95N2O6P/c1-6-8-10-12-14-16-17-18-19-20-21-22-23-24-25-26-27-28-29-30-31-32-33-34-35-36-38-40-42-48(52)47(46-57-58(54,55)56-45-44-51(3,4)5)50-49(53)43-41-39-37-15-13-11-9-7-2/h30-31,34-35,40,42,47-48,52H,6-29,32-33,36-39,41,43-46H2,1-5H3,(H-,50,53,54,55)/p+1/b31-30+,35-34+,42-40+. The number of amides is 1. The first-order chi connectivity index (χ1) is 28.0. The van der Waals surface area contributed by atoms with Crippen LogP contribution in [0.2, 0.25) is 0 Å². The first-order valence-corrected chi connectivity index (χ1v) is 25.9. The van der Waals surface area contributed by atoms with Crippen molar-refractivity contribution < 1.29 is 32.9 Å². The fourth-order valence-corrected chi connectivity index (χ4v) is 7.69. The van der Waals surface area contributed by atoms with Crippen molar-refractivity contribution in [2.24, 2.45) is 0 Å². The van der Waals surface area contributed by atoms with Gasteiger partial charge in [0.1, 0.15) is 13.2 Å². The summed E-state index contributed by atoms with van der Waals surface area (Å²) in [5.41, 5.74) is 0. The van der Waals surface area contributed by atoms with Crippen LogP contribution in [0.3, 0.4) is 0 Å². The summed E-state index contributed by atoms with van der Waals surface area (Å²) in [6, 6.07) is -0.864. The molecule has 0 aromatic carbocycles. The number of hydrogen-bond acceptors (Lipinski definition) is 5. The Balaban J connectivity index is 4.19. The van der Waals surface area contributed by atoms with Crippen LogP contribution in [0.1, 0.15) is 219 Å². The van der Waals surface area contributed by atoms with Gasteiger partial charge in [0.15, 0.2) is 0 Å². The highest BCUT2D eigenvalue weighted by Gasteiger charge is 2.27. The van der Waals surface area contributed by atoms with Crippen LogP contribution in [0.15, 0.2) is 36.5 Å². The number of phosphoric acid groups is 1. The highest BCUT2D eigenvalue weighted by atomic mass is 31.2. The third-order valence-electron chi connectivity index (χ3n) is 10.8. The normalized spacial score (nSPS) is 14.5. The van der Waals surface area contributed by atoms with Crippen molar-refractivity contribution in [1.29, 1.82) is 0 Å². The van der Waals surface area contributed by atoms with Gasteiger partial charge in [0.05, 0.1) is 39.9 Å². The second-order valence-electron chi connectivity index (χ2n) is 17.8. The third kappa shape index (κ3) is 42.8. The Morgan fingerprint density at radius 1 is 0.569 bits per heavy atom. The number of phosphoric ester groups is 1. The molecule has 0 saturated heterocycles. The molecule has 8 nitrogen and oxygen atoms in total. The maximum absolute atomic E-state index is 12.8. The lowest BCUT2D eigenvalue weighted by Gasteiger charge is -2.25. The van der Waals surface area contributed by atoms with Gasteiger partial charge in [-0.25, -0.2) is 4.57 Å². The molecule has 0 aliphatic rings. The number of rotatable bonds is 44. The molecule has 0 aromatic rings. The van der Waals surface area contributed by atoms with E-state index in [2.05, 4.69) is 43.5 Å². The molecule has 9 heteroatoms.